The zero-order chi connectivity index (χ0) is 22.5. The van der Waals surface area contributed by atoms with Crippen molar-refractivity contribution in [2.24, 2.45) is 11.3 Å². The number of carbonyl (C=O) groups is 2. The van der Waals surface area contributed by atoms with E-state index >= 15 is 0 Å². The van der Waals surface area contributed by atoms with Crippen molar-refractivity contribution in [1.82, 2.24) is 10.2 Å². The molecule has 2 rings (SSSR count). The smallest absolute Gasteiger partial charge is 0.410 e. The molecule has 3 unspecified atom stereocenters. The summed E-state index contributed by atoms with van der Waals surface area (Å²) in [5, 5.41) is 3.72. The van der Waals surface area contributed by atoms with Gasteiger partial charge < -0.3 is 24.4 Å². The monoisotopic (exact) mass is 426 g/mol. The molecule has 0 radical (unpaired) electrons. The van der Waals surface area contributed by atoms with E-state index in [4.69, 9.17) is 14.2 Å². The van der Waals surface area contributed by atoms with E-state index in [1.165, 1.54) is 0 Å². The summed E-state index contributed by atoms with van der Waals surface area (Å²) in [6, 6.07) is 0.268. The summed E-state index contributed by atoms with van der Waals surface area (Å²) in [6.45, 7) is 16.0. The van der Waals surface area contributed by atoms with E-state index in [9.17, 15) is 9.59 Å². The zero-order valence-corrected chi connectivity index (χ0v) is 20.0. The predicted molar refractivity (Wildman–Crippen MR) is 116 cm³/mol. The van der Waals surface area contributed by atoms with Gasteiger partial charge in [-0.1, -0.05) is 13.8 Å². The molecule has 3 atom stereocenters. The topological polar surface area (TPSA) is 77.1 Å². The molecule has 0 spiro atoms. The number of carbonyl (C=O) groups excluding carboxylic acids is 2. The summed E-state index contributed by atoms with van der Waals surface area (Å²) in [7, 11) is 0. The lowest BCUT2D eigenvalue weighted by Gasteiger charge is -2.45. The molecule has 7 heteroatoms. The van der Waals surface area contributed by atoms with E-state index in [0.29, 0.717) is 44.5 Å². The fourth-order valence-electron chi connectivity index (χ4n) is 4.46. The number of hydrogen-bond acceptors (Lipinski definition) is 6. The van der Waals surface area contributed by atoms with Crippen LogP contribution in [0.4, 0.5) is 4.79 Å². The Balaban J connectivity index is 2.07. The Morgan fingerprint density at radius 2 is 1.83 bits per heavy atom. The van der Waals surface area contributed by atoms with E-state index in [2.05, 4.69) is 26.1 Å². The summed E-state index contributed by atoms with van der Waals surface area (Å²) in [5.41, 5.74) is -1.17. The third-order valence-corrected chi connectivity index (χ3v) is 6.36. The number of amides is 1. The first-order valence-electron chi connectivity index (χ1n) is 11.5. The number of rotatable bonds is 6. The van der Waals surface area contributed by atoms with Crippen molar-refractivity contribution in [3.05, 3.63) is 0 Å². The number of ether oxygens (including phenoxy) is 3. The first-order chi connectivity index (χ1) is 14.0. The lowest BCUT2D eigenvalue weighted by atomic mass is 9.72. The minimum Gasteiger partial charge on any atom is -0.466 e. The lowest BCUT2D eigenvalue weighted by molar-refractivity contribution is -0.161. The van der Waals surface area contributed by atoms with Crippen molar-refractivity contribution in [2.75, 3.05) is 26.3 Å². The van der Waals surface area contributed by atoms with Crippen LogP contribution in [0, 0.1) is 11.3 Å². The Kier molecular flexibility index (Phi) is 8.57. The predicted octanol–water partition coefficient (Wildman–Crippen LogP) is 3.75. The highest BCUT2D eigenvalue weighted by Crippen LogP contribution is 2.38. The molecule has 2 fully saturated rings. The Hall–Kier alpha value is -1.34. The van der Waals surface area contributed by atoms with Crippen molar-refractivity contribution in [2.45, 2.75) is 97.9 Å². The Bertz CT molecular complexity index is 579. The van der Waals surface area contributed by atoms with Gasteiger partial charge in [-0.2, -0.15) is 0 Å². The molecular weight excluding hydrogens is 384 g/mol. The average Bonchev–Trinajstić information content (AvgIpc) is 2.67. The maximum Gasteiger partial charge on any atom is 0.410 e. The van der Waals surface area contributed by atoms with Gasteiger partial charge in [0.1, 0.15) is 5.60 Å². The minimum atomic E-state index is -0.639. The molecule has 0 saturated carbocycles. The number of nitrogens with zero attached hydrogens (tertiary/aromatic N) is 1. The highest BCUT2D eigenvalue weighted by Gasteiger charge is 2.48. The quantitative estimate of drug-likeness (QED) is 0.652. The summed E-state index contributed by atoms with van der Waals surface area (Å²) in [5.74, 6) is 0.308. The number of esters is 1. The van der Waals surface area contributed by atoms with Crippen LogP contribution in [0.15, 0.2) is 0 Å². The number of hydrogen-bond donors (Lipinski definition) is 1. The van der Waals surface area contributed by atoms with Gasteiger partial charge in [-0.05, 0) is 66.2 Å². The summed E-state index contributed by atoms with van der Waals surface area (Å²) >= 11 is 0. The van der Waals surface area contributed by atoms with Gasteiger partial charge in [0.15, 0.2) is 0 Å². The number of nitrogens with one attached hydrogen (secondary N) is 1. The SMILES string of the molecule is CCOC(=O)C1(C(C)NC2CCOC(C(C)C)C2)CCN(C(=O)OC(C)(C)C)CC1. The standard InChI is InChI=1S/C23H42N2O5/c1-8-28-20(26)23(10-12-25(13-11-23)21(27)30-22(5,6)7)17(4)24-18-9-14-29-19(15-18)16(2)3/h16-19,24H,8-15H2,1-7H3. The molecule has 2 aliphatic rings. The number of likely N-dealkylation sites (tertiary alicyclic amines) is 1. The molecule has 7 nitrogen and oxygen atoms in total. The molecule has 30 heavy (non-hydrogen) atoms. The zero-order valence-electron chi connectivity index (χ0n) is 20.0. The van der Waals surface area contributed by atoms with Crippen molar-refractivity contribution in [3.63, 3.8) is 0 Å². The van der Waals surface area contributed by atoms with Crippen LogP contribution in [0.1, 0.15) is 74.1 Å². The third-order valence-electron chi connectivity index (χ3n) is 6.36. The van der Waals surface area contributed by atoms with E-state index in [1.54, 1.807) is 4.90 Å². The Morgan fingerprint density at radius 1 is 1.20 bits per heavy atom. The molecule has 0 aliphatic carbocycles. The second-order valence-electron chi connectivity index (χ2n) is 10.1. The summed E-state index contributed by atoms with van der Waals surface area (Å²) in [6.07, 6.45) is 2.95. The number of piperidine rings is 1. The van der Waals surface area contributed by atoms with Gasteiger partial charge in [0.2, 0.25) is 0 Å². The van der Waals surface area contributed by atoms with E-state index in [1.807, 2.05) is 27.7 Å². The fourth-order valence-corrected chi connectivity index (χ4v) is 4.46. The second kappa shape index (κ2) is 10.3. The van der Waals surface area contributed by atoms with Gasteiger partial charge >= 0.3 is 12.1 Å². The molecule has 1 amide bonds. The molecule has 2 heterocycles. The van der Waals surface area contributed by atoms with Gasteiger partial charge in [-0.3, -0.25) is 4.79 Å². The van der Waals surface area contributed by atoms with Gasteiger partial charge in [-0.25, -0.2) is 4.79 Å². The van der Waals surface area contributed by atoms with Crippen LogP contribution in [-0.2, 0) is 19.0 Å². The molecule has 2 aliphatic heterocycles. The minimum absolute atomic E-state index is 0.0479. The molecule has 2 saturated heterocycles. The highest BCUT2D eigenvalue weighted by atomic mass is 16.6. The Labute approximate surface area is 182 Å². The molecule has 1 N–H and O–H groups in total. The largest absolute Gasteiger partial charge is 0.466 e. The molecular formula is C23H42N2O5. The van der Waals surface area contributed by atoms with E-state index < -0.39 is 11.0 Å². The average molecular weight is 427 g/mol. The maximum atomic E-state index is 13.1. The van der Waals surface area contributed by atoms with Gasteiger partial charge in [0.05, 0.1) is 18.1 Å². The van der Waals surface area contributed by atoms with Crippen molar-refractivity contribution >= 4 is 12.1 Å². The fraction of sp³-hybridized carbons (Fsp3) is 0.913. The third kappa shape index (κ3) is 6.33. The van der Waals surface area contributed by atoms with Crippen LogP contribution in [0.3, 0.4) is 0 Å². The normalized spacial score (nSPS) is 25.7. The van der Waals surface area contributed by atoms with E-state index in [-0.39, 0.29) is 24.2 Å². The Morgan fingerprint density at radius 3 is 2.37 bits per heavy atom. The first kappa shape index (κ1) is 24.9. The molecule has 0 aromatic carbocycles. The highest BCUT2D eigenvalue weighted by molar-refractivity contribution is 5.78. The molecule has 0 aromatic heterocycles. The maximum absolute atomic E-state index is 13.1. The van der Waals surface area contributed by atoms with Crippen molar-refractivity contribution in [1.29, 1.82) is 0 Å². The first-order valence-corrected chi connectivity index (χ1v) is 11.5. The van der Waals surface area contributed by atoms with Crippen LogP contribution < -0.4 is 5.32 Å². The lowest BCUT2D eigenvalue weighted by Crippen LogP contribution is -2.58. The molecule has 174 valence electrons. The van der Waals surface area contributed by atoms with Gasteiger partial charge in [0, 0.05) is 31.8 Å². The van der Waals surface area contributed by atoms with Crippen LogP contribution >= 0.6 is 0 Å². The summed E-state index contributed by atoms with van der Waals surface area (Å²) in [4.78, 5) is 27.2. The van der Waals surface area contributed by atoms with Gasteiger partial charge in [0.25, 0.3) is 0 Å². The van der Waals surface area contributed by atoms with Gasteiger partial charge in [-0.15, -0.1) is 0 Å². The molecule has 0 bridgehead atoms. The van der Waals surface area contributed by atoms with Crippen molar-refractivity contribution < 1.29 is 23.8 Å². The van der Waals surface area contributed by atoms with Crippen LogP contribution in [0.5, 0.6) is 0 Å². The van der Waals surface area contributed by atoms with Crippen molar-refractivity contribution in [3.8, 4) is 0 Å². The van der Waals surface area contributed by atoms with Crippen LogP contribution in [0.2, 0.25) is 0 Å². The van der Waals surface area contributed by atoms with Crippen LogP contribution in [-0.4, -0.2) is 67.1 Å². The molecule has 0 aromatic rings. The second-order valence-corrected chi connectivity index (χ2v) is 10.1. The van der Waals surface area contributed by atoms with E-state index in [0.717, 1.165) is 19.4 Å². The summed E-state index contributed by atoms with van der Waals surface area (Å²) < 4.78 is 16.9. The van der Waals surface area contributed by atoms with Crippen LogP contribution in [0.25, 0.3) is 0 Å².